The van der Waals surface area contributed by atoms with Gasteiger partial charge < -0.3 is 20.6 Å². The van der Waals surface area contributed by atoms with Crippen LogP contribution < -0.4 is 10.6 Å². The third-order valence-electron chi connectivity index (χ3n) is 2.54. The van der Waals surface area contributed by atoms with E-state index in [9.17, 15) is 13.2 Å². The van der Waals surface area contributed by atoms with Crippen molar-refractivity contribution in [1.82, 2.24) is 0 Å². The molecule has 0 atom stereocenters. The average molecular weight is 291 g/mol. The highest BCUT2D eigenvalue weighted by Gasteiger charge is 2.27. The molecule has 0 saturated heterocycles. The molecule has 0 radical (unpaired) electrons. The third-order valence-corrected chi connectivity index (χ3v) is 2.54. The molecule has 0 aliphatic carbocycles. The fraction of sp³-hybridized carbons (Fsp3) is 0.417. The standard InChI is InChI=1S/C12H16F3N3O2/c1-18(6-7-20-8-12(13,14)15)10-5-3-2-4-9(10)11(16)17-19/h2-5,19H,6-8H2,1H3,(H2,16,17). The number of amidine groups is 1. The van der Waals surface area contributed by atoms with Crippen LogP contribution in [0.1, 0.15) is 5.56 Å². The van der Waals surface area contributed by atoms with E-state index >= 15 is 0 Å². The lowest BCUT2D eigenvalue weighted by atomic mass is 10.1. The maximum atomic E-state index is 11.9. The number of para-hydroxylation sites is 1. The Morgan fingerprint density at radius 1 is 1.40 bits per heavy atom. The van der Waals surface area contributed by atoms with E-state index in [4.69, 9.17) is 10.9 Å². The van der Waals surface area contributed by atoms with Crippen LogP contribution >= 0.6 is 0 Å². The molecule has 0 saturated carbocycles. The number of benzene rings is 1. The summed E-state index contributed by atoms with van der Waals surface area (Å²) in [5.41, 5.74) is 6.67. The van der Waals surface area contributed by atoms with Gasteiger partial charge in [0.2, 0.25) is 0 Å². The Kier molecular flexibility index (Phi) is 5.63. The highest BCUT2D eigenvalue weighted by molar-refractivity contribution is 6.02. The van der Waals surface area contributed by atoms with Gasteiger partial charge in [-0.05, 0) is 12.1 Å². The number of rotatable bonds is 6. The summed E-state index contributed by atoms with van der Waals surface area (Å²) in [4.78, 5) is 1.67. The van der Waals surface area contributed by atoms with Gasteiger partial charge in [-0.1, -0.05) is 17.3 Å². The van der Waals surface area contributed by atoms with Crippen LogP contribution in [0, 0.1) is 0 Å². The van der Waals surface area contributed by atoms with Gasteiger partial charge in [-0.15, -0.1) is 0 Å². The summed E-state index contributed by atoms with van der Waals surface area (Å²) < 4.78 is 40.3. The molecule has 0 bridgehead atoms. The van der Waals surface area contributed by atoms with Gasteiger partial charge in [-0.25, -0.2) is 0 Å². The lowest BCUT2D eigenvalue weighted by Gasteiger charge is -2.22. The molecule has 1 aromatic rings. The second kappa shape index (κ2) is 6.99. The summed E-state index contributed by atoms with van der Waals surface area (Å²) in [6.45, 7) is -1.12. The fourth-order valence-corrected chi connectivity index (χ4v) is 1.59. The Balaban J connectivity index is 2.62. The van der Waals surface area contributed by atoms with E-state index in [1.807, 2.05) is 0 Å². The van der Waals surface area contributed by atoms with Crippen LogP contribution in [0.2, 0.25) is 0 Å². The molecule has 0 amide bonds. The zero-order chi connectivity index (χ0) is 15.2. The second-order valence-corrected chi connectivity index (χ2v) is 4.09. The quantitative estimate of drug-likeness (QED) is 0.276. The molecule has 0 aromatic heterocycles. The van der Waals surface area contributed by atoms with E-state index in [2.05, 4.69) is 9.89 Å². The predicted octanol–water partition coefficient (Wildman–Crippen LogP) is 1.80. The van der Waals surface area contributed by atoms with Crippen LogP contribution in [0.4, 0.5) is 18.9 Å². The van der Waals surface area contributed by atoms with E-state index in [0.717, 1.165) is 0 Å². The number of ether oxygens (including phenoxy) is 1. The molecule has 5 nitrogen and oxygen atoms in total. The summed E-state index contributed by atoms with van der Waals surface area (Å²) >= 11 is 0. The van der Waals surface area contributed by atoms with Crippen LogP contribution in [-0.4, -0.2) is 44.0 Å². The Hall–Kier alpha value is -1.96. The van der Waals surface area contributed by atoms with Crippen molar-refractivity contribution in [3.63, 3.8) is 0 Å². The van der Waals surface area contributed by atoms with Gasteiger partial charge in [0.05, 0.1) is 6.61 Å². The van der Waals surface area contributed by atoms with Crippen LogP contribution in [0.3, 0.4) is 0 Å². The van der Waals surface area contributed by atoms with E-state index < -0.39 is 12.8 Å². The molecule has 1 aromatic carbocycles. The lowest BCUT2D eigenvalue weighted by Crippen LogP contribution is -2.28. The zero-order valence-corrected chi connectivity index (χ0v) is 10.9. The van der Waals surface area contributed by atoms with Crippen molar-refractivity contribution in [3.05, 3.63) is 29.8 Å². The van der Waals surface area contributed by atoms with Crippen molar-refractivity contribution in [3.8, 4) is 0 Å². The van der Waals surface area contributed by atoms with E-state index in [1.54, 1.807) is 36.2 Å². The van der Waals surface area contributed by atoms with Gasteiger partial charge >= 0.3 is 6.18 Å². The number of halogens is 3. The summed E-state index contributed by atoms with van der Waals surface area (Å²) in [7, 11) is 1.68. The zero-order valence-electron chi connectivity index (χ0n) is 10.9. The highest BCUT2D eigenvalue weighted by Crippen LogP contribution is 2.19. The molecule has 20 heavy (non-hydrogen) atoms. The molecular formula is C12H16F3N3O2. The van der Waals surface area contributed by atoms with Gasteiger partial charge in [0.15, 0.2) is 5.84 Å². The Morgan fingerprint density at radius 2 is 2.05 bits per heavy atom. The maximum Gasteiger partial charge on any atom is 0.411 e. The summed E-state index contributed by atoms with van der Waals surface area (Å²) in [5, 5.41) is 11.6. The Labute approximate surface area is 114 Å². The minimum Gasteiger partial charge on any atom is -0.409 e. The minimum atomic E-state index is -4.33. The van der Waals surface area contributed by atoms with Crippen molar-refractivity contribution in [2.75, 3.05) is 31.7 Å². The minimum absolute atomic E-state index is 0.0661. The first-order chi connectivity index (χ1) is 9.35. The first-order valence-corrected chi connectivity index (χ1v) is 5.77. The SMILES string of the molecule is CN(CCOCC(F)(F)F)c1ccccc1/C(N)=N/O. The molecule has 0 aliphatic rings. The van der Waals surface area contributed by atoms with Crippen LogP contribution in [0.5, 0.6) is 0 Å². The molecule has 0 spiro atoms. The van der Waals surface area contributed by atoms with E-state index in [1.165, 1.54) is 0 Å². The monoisotopic (exact) mass is 291 g/mol. The molecule has 1 rings (SSSR count). The predicted molar refractivity (Wildman–Crippen MR) is 69.1 cm³/mol. The smallest absolute Gasteiger partial charge is 0.409 e. The molecule has 8 heteroatoms. The van der Waals surface area contributed by atoms with E-state index in [-0.39, 0.29) is 19.0 Å². The van der Waals surface area contributed by atoms with Crippen LogP contribution in [0.15, 0.2) is 29.4 Å². The van der Waals surface area contributed by atoms with Gasteiger partial charge in [-0.2, -0.15) is 13.2 Å². The van der Waals surface area contributed by atoms with E-state index in [0.29, 0.717) is 11.3 Å². The van der Waals surface area contributed by atoms with Gasteiger partial charge in [0.1, 0.15) is 6.61 Å². The first kappa shape index (κ1) is 16.1. The number of oxime groups is 1. The number of hydrogen-bond donors (Lipinski definition) is 2. The fourth-order valence-electron chi connectivity index (χ4n) is 1.59. The highest BCUT2D eigenvalue weighted by atomic mass is 19.4. The normalized spacial score (nSPS) is 12.5. The molecule has 0 unspecified atom stereocenters. The average Bonchev–Trinajstić information content (AvgIpc) is 2.41. The van der Waals surface area contributed by atoms with Gasteiger partial charge in [-0.3, -0.25) is 0 Å². The molecule has 112 valence electrons. The van der Waals surface area contributed by atoms with Gasteiger partial charge in [0.25, 0.3) is 0 Å². The molecule has 0 aliphatic heterocycles. The Bertz CT molecular complexity index is 464. The largest absolute Gasteiger partial charge is 0.411 e. The summed E-state index contributed by atoms with van der Waals surface area (Å²) in [6.07, 6.45) is -4.33. The molecule has 3 N–H and O–H groups in total. The third kappa shape index (κ3) is 4.96. The van der Waals surface area contributed by atoms with Gasteiger partial charge in [0, 0.05) is 24.8 Å². The van der Waals surface area contributed by atoms with Crippen LogP contribution in [0.25, 0.3) is 0 Å². The topological polar surface area (TPSA) is 71.1 Å². The van der Waals surface area contributed by atoms with Crippen molar-refractivity contribution >= 4 is 11.5 Å². The van der Waals surface area contributed by atoms with Crippen molar-refractivity contribution < 1.29 is 23.1 Å². The number of nitrogens with zero attached hydrogens (tertiary/aromatic N) is 2. The number of nitrogens with two attached hydrogens (primary N) is 1. The summed E-state index contributed by atoms with van der Waals surface area (Å²) in [6, 6.07) is 6.83. The molecule has 0 fully saturated rings. The molecule has 0 heterocycles. The first-order valence-electron chi connectivity index (χ1n) is 5.77. The van der Waals surface area contributed by atoms with Crippen molar-refractivity contribution in [2.24, 2.45) is 10.9 Å². The summed E-state index contributed by atoms with van der Waals surface area (Å²) in [5.74, 6) is -0.0661. The van der Waals surface area contributed by atoms with Crippen LogP contribution in [-0.2, 0) is 4.74 Å². The number of alkyl halides is 3. The number of likely N-dealkylation sites (N-methyl/N-ethyl adjacent to an activating group) is 1. The Morgan fingerprint density at radius 3 is 2.65 bits per heavy atom. The number of hydrogen-bond acceptors (Lipinski definition) is 4. The van der Waals surface area contributed by atoms with Crippen molar-refractivity contribution in [2.45, 2.75) is 6.18 Å². The molecular weight excluding hydrogens is 275 g/mol. The van der Waals surface area contributed by atoms with Crippen molar-refractivity contribution in [1.29, 1.82) is 0 Å². The lowest BCUT2D eigenvalue weighted by molar-refractivity contribution is -0.173. The maximum absolute atomic E-state index is 11.9. The second-order valence-electron chi connectivity index (χ2n) is 4.09. The number of anilines is 1.